The molecule has 0 amide bonds. The number of ether oxygens (including phenoxy) is 1. The van der Waals surface area contributed by atoms with Crippen molar-refractivity contribution in [2.24, 2.45) is 11.8 Å². The van der Waals surface area contributed by atoms with Gasteiger partial charge in [-0.1, -0.05) is 15.9 Å². The van der Waals surface area contributed by atoms with Crippen molar-refractivity contribution in [2.75, 3.05) is 18.5 Å². The van der Waals surface area contributed by atoms with Crippen LogP contribution in [0.1, 0.15) is 5.56 Å². The van der Waals surface area contributed by atoms with E-state index in [2.05, 4.69) is 27.3 Å². The third-order valence-corrected chi connectivity index (χ3v) is 3.87. The quantitative estimate of drug-likeness (QED) is 0.904. The van der Waals surface area contributed by atoms with E-state index in [0.29, 0.717) is 23.4 Å². The summed E-state index contributed by atoms with van der Waals surface area (Å²) in [6, 6.07) is 8.47. The number of nitriles is 1. The smallest absolute Gasteiger partial charge is 0.101 e. The molecule has 0 spiro atoms. The van der Waals surface area contributed by atoms with Crippen molar-refractivity contribution in [3.05, 3.63) is 28.2 Å². The maximum absolute atomic E-state index is 9.04. The predicted octanol–water partition coefficient (Wildman–Crippen LogP) is 2.38. The van der Waals surface area contributed by atoms with E-state index in [-0.39, 0.29) is 0 Å². The van der Waals surface area contributed by atoms with Gasteiger partial charge in [-0.25, -0.2) is 0 Å². The molecular weight excluding hydrogens is 268 g/mol. The molecule has 3 nitrogen and oxygen atoms in total. The molecule has 2 atom stereocenters. The van der Waals surface area contributed by atoms with Crippen molar-refractivity contribution < 1.29 is 4.74 Å². The summed E-state index contributed by atoms with van der Waals surface area (Å²) < 4.78 is 6.28. The van der Waals surface area contributed by atoms with Crippen LogP contribution in [0, 0.1) is 23.2 Å². The van der Waals surface area contributed by atoms with Crippen LogP contribution >= 0.6 is 15.9 Å². The highest BCUT2D eigenvalue weighted by atomic mass is 79.9. The van der Waals surface area contributed by atoms with Gasteiger partial charge in [0.15, 0.2) is 0 Å². The van der Waals surface area contributed by atoms with Crippen molar-refractivity contribution in [2.45, 2.75) is 6.04 Å². The highest BCUT2D eigenvalue weighted by molar-refractivity contribution is 9.10. The molecule has 82 valence electrons. The van der Waals surface area contributed by atoms with Gasteiger partial charge in [-0.05, 0) is 18.2 Å². The molecule has 0 aromatic heterocycles. The predicted molar refractivity (Wildman–Crippen MR) is 64.1 cm³/mol. The molecule has 1 heterocycles. The minimum Gasteiger partial charge on any atom is -0.381 e. The number of hydrogen-bond donors (Lipinski definition) is 1. The lowest BCUT2D eigenvalue weighted by Gasteiger charge is -2.10. The van der Waals surface area contributed by atoms with Gasteiger partial charge in [-0.2, -0.15) is 5.26 Å². The highest BCUT2D eigenvalue weighted by Crippen LogP contribution is 2.46. The molecule has 1 aliphatic heterocycles. The zero-order valence-corrected chi connectivity index (χ0v) is 10.2. The first-order chi connectivity index (χ1) is 7.79. The molecule has 4 heteroatoms. The molecule has 1 N–H and O–H groups in total. The fraction of sp³-hybridized carbons (Fsp3) is 0.417. The molecule has 3 rings (SSSR count). The van der Waals surface area contributed by atoms with Gasteiger partial charge in [0.1, 0.15) is 6.07 Å². The minimum atomic E-state index is 0.502. The molecule has 0 bridgehead atoms. The summed E-state index contributed by atoms with van der Waals surface area (Å²) in [6.07, 6.45) is 0. The minimum absolute atomic E-state index is 0.502. The Bertz CT molecular complexity index is 459. The second kappa shape index (κ2) is 3.76. The Morgan fingerprint density at radius 3 is 2.81 bits per heavy atom. The Morgan fingerprint density at radius 1 is 1.38 bits per heavy atom. The molecule has 16 heavy (non-hydrogen) atoms. The van der Waals surface area contributed by atoms with Crippen LogP contribution in [0.2, 0.25) is 0 Å². The molecule has 1 aliphatic carbocycles. The van der Waals surface area contributed by atoms with Crippen molar-refractivity contribution in [3.8, 4) is 6.07 Å². The normalized spacial score (nSPS) is 30.6. The zero-order chi connectivity index (χ0) is 11.1. The lowest BCUT2D eigenvalue weighted by atomic mass is 10.2. The topological polar surface area (TPSA) is 45.0 Å². The van der Waals surface area contributed by atoms with Crippen LogP contribution in [0.4, 0.5) is 5.69 Å². The number of nitrogens with one attached hydrogen (secondary N) is 1. The van der Waals surface area contributed by atoms with E-state index >= 15 is 0 Å². The molecule has 1 saturated heterocycles. The fourth-order valence-electron chi connectivity index (χ4n) is 2.37. The molecular formula is C12H11BrN2O. The largest absolute Gasteiger partial charge is 0.381 e. The lowest BCUT2D eigenvalue weighted by Crippen LogP contribution is -2.13. The lowest BCUT2D eigenvalue weighted by molar-refractivity contribution is 0.162. The van der Waals surface area contributed by atoms with Gasteiger partial charge in [0.2, 0.25) is 0 Å². The van der Waals surface area contributed by atoms with Gasteiger partial charge < -0.3 is 10.1 Å². The van der Waals surface area contributed by atoms with Crippen molar-refractivity contribution in [3.63, 3.8) is 0 Å². The van der Waals surface area contributed by atoms with Gasteiger partial charge in [0.05, 0.1) is 24.5 Å². The van der Waals surface area contributed by atoms with E-state index in [0.717, 1.165) is 23.4 Å². The van der Waals surface area contributed by atoms with Crippen LogP contribution in [0.5, 0.6) is 0 Å². The number of hydrogen-bond acceptors (Lipinski definition) is 3. The summed E-state index contributed by atoms with van der Waals surface area (Å²) >= 11 is 3.37. The second-order valence-electron chi connectivity index (χ2n) is 4.34. The van der Waals surface area contributed by atoms with Crippen LogP contribution in [0.15, 0.2) is 22.7 Å². The monoisotopic (exact) mass is 278 g/mol. The molecule has 1 aromatic carbocycles. The first kappa shape index (κ1) is 10.1. The van der Waals surface area contributed by atoms with Crippen LogP contribution in [0.25, 0.3) is 0 Å². The number of halogens is 1. The maximum atomic E-state index is 9.04. The average molecular weight is 279 g/mol. The number of benzene rings is 1. The second-order valence-corrected chi connectivity index (χ2v) is 5.25. The van der Waals surface area contributed by atoms with Gasteiger partial charge in [-0.15, -0.1) is 0 Å². The van der Waals surface area contributed by atoms with E-state index in [1.165, 1.54) is 0 Å². The average Bonchev–Trinajstić information content (AvgIpc) is 2.75. The Hall–Kier alpha value is -1.05. The van der Waals surface area contributed by atoms with E-state index in [1.54, 1.807) is 0 Å². The molecule has 2 unspecified atom stereocenters. The fourth-order valence-corrected chi connectivity index (χ4v) is 2.73. The first-order valence-electron chi connectivity index (χ1n) is 5.33. The van der Waals surface area contributed by atoms with Crippen molar-refractivity contribution in [1.82, 2.24) is 0 Å². The number of nitrogens with zero attached hydrogens (tertiary/aromatic N) is 1. The van der Waals surface area contributed by atoms with Gasteiger partial charge in [0.25, 0.3) is 0 Å². The highest BCUT2D eigenvalue weighted by Gasteiger charge is 2.54. The van der Waals surface area contributed by atoms with Crippen molar-refractivity contribution in [1.29, 1.82) is 5.26 Å². The molecule has 1 saturated carbocycles. The maximum Gasteiger partial charge on any atom is 0.101 e. The van der Waals surface area contributed by atoms with E-state index in [9.17, 15) is 0 Å². The zero-order valence-electron chi connectivity index (χ0n) is 8.61. The Kier molecular flexibility index (Phi) is 2.38. The number of rotatable bonds is 2. The summed E-state index contributed by atoms with van der Waals surface area (Å²) in [7, 11) is 0. The molecule has 2 fully saturated rings. The van der Waals surface area contributed by atoms with E-state index < -0.39 is 0 Å². The Labute approximate surface area is 103 Å². The van der Waals surface area contributed by atoms with Gasteiger partial charge >= 0.3 is 0 Å². The molecule has 0 radical (unpaired) electrons. The summed E-state index contributed by atoms with van der Waals surface area (Å²) in [5.74, 6) is 1.30. The summed E-state index contributed by atoms with van der Waals surface area (Å²) in [4.78, 5) is 0. The van der Waals surface area contributed by atoms with Crippen LogP contribution < -0.4 is 5.32 Å². The van der Waals surface area contributed by atoms with Gasteiger partial charge in [-0.3, -0.25) is 0 Å². The molecule has 1 aromatic rings. The van der Waals surface area contributed by atoms with E-state index in [1.807, 2.05) is 18.2 Å². The van der Waals surface area contributed by atoms with Crippen LogP contribution in [-0.4, -0.2) is 19.3 Å². The summed E-state index contributed by atoms with van der Waals surface area (Å²) in [5, 5.41) is 12.5. The van der Waals surface area contributed by atoms with Crippen LogP contribution in [0.3, 0.4) is 0 Å². The third kappa shape index (κ3) is 1.60. The Morgan fingerprint density at radius 2 is 2.12 bits per heavy atom. The first-order valence-corrected chi connectivity index (χ1v) is 6.13. The standard InChI is InChI=1S/C12H11BrN2O/c13-8-1-2-11(7(3-8)4-14)15-12-9-5-16-6-10(9)12/h1-3,9-10,12,15H,5-6H2. The van der Waals surface area contributed by atoms with Gasteiger partial charge in [0, 0.05) is 22.4 Å². The van der Waals surface area contributed by atoms with E-state index in [4.69, 9.17) is 10.00 Å². The molecule has 2 aliphatic rings. The SMILES string of the molecule is N#Cc1cc(Br)ccc1NC1C2COCC21. The Balaban J connectivity index is 1.78. The summed E-state index contributed by atoms with van der Waals surface area (Å²) in [6.45, 7) is 1.72. The third-order valence-electron chi connectivity index (χ3n) is 3.38. The number of fused-ring (bicyclic) bond motifs is 1. The number of anilines is 1. The summed E-state index contributed by atoms with van der Waals surface area (Å²) in [5.41, 5.74) is 1.63. The van der Waals surface area contributed by atoms with Crippen molar-refractivity contribution >= 4 is 21.6 Å². The van der Waals surface area contributed by atoms with Crippen LogP contribution in [-0.2, 0) is 4.74 Å².